The molecule has 0 saturated carbocycles. The average molecular weight is 337 g/mol. The molecule has 0 radical (unpaired) electrons. The lowest BCUT2D eigenvalue weighted by Gasteiger charge is -2.24. The normalized spacial score (nSPS) is 21.7. The summed E-state index contributed by atoms with van der Waals surface area (Å²) < 4.78 is 50.1. The number of carboxylic acids is 1. The molecule has 1 unspecified atom stereocenters. The summed E-state index contributed by atoms with van der Waals surface area (Å²) in [5.74, 6) is -1.86. The predicted molar refractivity (Wildman–Crippen MR) is 71.8 cm³/mol. The number of sulfonamides is 1. The summed E-state index contributed by atoms with van der Waals surface area (Å²) in [6.45, 7) is -0.793. The van der Waals surface area contributed by atoms with Gasteiger partial charge in [0.15, 0.2) is 14.9 Å². The van der Waals surface area contributed by atoms with Crippen molar-refractivity contribution in [1.29, 1.82) is 0 Å². The Morgan fingerprint density at radius 1 is 1.57 bits per heavy atom. The molecule has 0 amide bonds. The second-order valence-corrected chi connectivity index (χ2v) is 8.94. The van der Waals surface area contributed by atoms with Crippen LogP contribution in [0.3, 0.4) is 0 Å². The summed E-state index contributed by atoms with van der Waals surface area (Å²) in [5, 5.41) is 8.61. The van der Waals surface area contributed by atoms with E-state index < -0.39 is 38.4 Å². The van der Waals surface area contributed by atoms with Crippen molar-refractivity contribution in [1.82, 2.24) is 13.9 Å². The molecule has 1 N–H and O–H groups in total. The SMILES string of the molecule is Cn1cnc(S(=O)(=O)N(CC(=O)O)C2CCS(=O)(=O)C2)c1. The molecule has 0 spiro atoms. The molecule has 2 heterocycles. The molecule has 0 aliphatic carbocycles. The van der Waals surface area contributed by atoms with Gasteiger partial charge in [-0.05, 0) is 6.42 Å². The third kappa shape index (κ3) is 3.41. The number of hydrogen-bond donors (Lipinski definition) is 1. The minimum absolute atomic E-state index is 0.0850. The maximum Gasteiger partial charge on any atom is 0.318 e. The number of rotatable bonds is 5. The van der Waals surface area contributed by atoms with E-state index in [-0.39, 0.29) is 23.0 Å². The van der Waals surface area contributed by atoms with E-state index in [0.717, 1.165) is 0 Å². The van der Waals surface area contributed by atoms with Crippen LogP contribution in [0.25, 0.3) is 0 Å². The van der Waals surface area contributed by atoms with Crippen molar-refractivity contribution in [2.24, 2.45) is 7.05 Å². The summed E-state index contributed by atoms with van der Waals surface area (Å²) in [4.78, 5) is 14.6. The maximum absolute atomic E-state index is 12.5. The highest BCUT2D eigenvalue weighted by molar-refractivity contribution is 7.92. The predicted octanol–water partition coefficient (Wildman–Crippen LogP) is -1.32. The molecular formula is C10H15N3O6S2. The van der Waals surface area contributed by atoms with Crippen LogP contribution in [0.15, 0.2) is 17.6 Å². The lowest BCUT2D eigenvalue weighted by atomic mass is 10.2. The molecule has 21 heavy (non-hydrogen) atoms. The van der Waals surface area contributed by atoms with E-state index in [0.29, 0.717) is 4.31 Å². The van der Waals surface area contributed by atoms with Gasteiger partial charge in [-0.25, -0.2) is 21.8 Å². The van der Waals surface area contributed by atoms with Crippen molar-refractivity contribution in [3.05, 3.63) is 12.5 Å². The van der Waals surface area contributed by atoms with Crippen LogP contribution in [-0.2, 0) is 31.7 Å². The summed E-state index contributed by atoms with van der Waals surface area (Å²) in [6, 6.07) is -0.877. The zero-order valence-electron chi connectivity index (χ0n) is 11.2. The van der Waals surface area contributed by atoms with Crippen molar-refractivity contribution in [2.45, 2.75) is 17.5 Å². The molecule has 118 valence electrons. The van der Waals surface area contributed by atoms with Gasteiger partial charge in [0, 0.05) is 19.3 Å². The van der Waals surface area contributed by atoms with Gasteiger partial charge in [0.2, 0.25) is 0 Å². The van der Waals surface area contributed by atoms with Crippen molar-refractivity contribution < 1.29 is 26.7 Å². The first-order chi connectivity index (χ1) is 9.62. The number of aromatic nitrogens is 2. The lowest BCUT2D eigenvalue weighted by Crippen LogP contribution is -2.44. The van der Waals surface area contributed by atoms with Crippen molar-refractivity contribution >= 4 is 25.8 Å². The highest BCUT2D eigenvalue weighted by Crippen LogP contribution is 2.23. The van der Waals surface area contributed by atoms with Crippen LogP contribution in [0.1, 0.15) is 6.42 Å². The number of carboxylic acid groups (broad SMARTS) is 1. The van der Waals surface area contributed by atoms with Gasteiger partial charge >= 0.3 is 5.97 Å². The van der Waals surface area contributed by atoms with Crippen LogP contribution >= 0.6 is 0 Å². The number of aryl methyl sites for hydroxylation is 1. The molecule has 9 nitrogen and oxygen atoms in total. The third-order valence-electron chi connectivity index (χ3n) is 3.16. The number of carbonyl (C=O) groups is 1. The molecule has 11 heteroatoms. The number of imidazole rings is 1. The van der Waals surface area contributed by atoms with Crippen LogP contribution in [0, 0.1) is 0 Å². The summed E-state index contributed by atoms with van der Waals surface area (Å²) in [7, 11) is -5.91. The van der Waals surface area contributed by atoms with E-state index >= 15 is 0 Å². The molecule has 1 saturated heterocycles. The molecule has 0 bridgehead atoms. The first-order valence-electron chi connectivity index (χ1n) is 6.04. The van der Waals surface area contributed by atoms with Gasteiger partial charge < -0.3 is 9.67 Å². The Balaban J connectivity index is 2.38. The Morgan fingerprint density at radius 3 is 2.67 bits per heavy atom. The van der Waals surface area contributed by atoms with Crippen LogP contribution in [0.2, 0.25) is 0 Å². The van der Waals surface area contributed by atoms with E-state index in [4.69, 9.17) is 5.11 Å². The molecular weight excluding hydrogens is 322 g/mol. The number of hydrogen-bond acceptors (Lipinski definition) is 6. The van der Waals surface area contributed by atoms with E-state index in [2.05, 4.69) is 4.98 Å². The fourth-order valence-electron chi connectivity index (χ4n) is 2.19. The lowest BCUT2D eigenvalue weighted by molar-refractivity contribution is -0.137. The summed E-state index contributed by atoms with van der Waals surface area (Å²) >= 11 is 0. The van der Waals surface area contributed by atoms with Gasteiger partial charge in [-0.15, -0.1) is 0 Å². The Hall–Kier alpha value is -1.46. The third-order valence-corrected chi connectivity index (χ3v) is 6.70. The van der Waals surface area contributed by atoms with Gasteiger partial charge in [-0.3, -0.25) is 4.79 Å². The summed E-state index contributed by atoms with van der Waals surface area (Å²) in [6.07, 6.45) is 2.60. The van der Waals surface area contributed by atoms with Gasteiger partial charge in [0.1, 0.15) is 6.54 Å². The van der Waals surface area contributed by atoms with Crippen LogP contribution in [0.4, 0.5) is 0 Å². The van der Waals surface area contributed by atoms with E-state index in [1.807, 2.05) is 0 Å². The zero-order chi connectivity index (χ0) is 15.8. The van der Waals surface area contributed by atoms with Crippen LogP contribution < -0.4 is 0 Å². The average Bonchev–Trinajstić information content (AvgIpc) is 2.92. The maximum atomic E-state index is 12.5. The number of sulfone groups is 1. The second-order valence-electron chi connectivity index (χ2n) is 4.88. The number of nitrogens with zero attached hydrogens (tertiary/aromatic N) is 3. The van der Waals surface area contributed by atoms with Gasteiger partial charge in [-0.1, -0.05) is 0 Å². The molecule has 1 aliphatic rings. The monoisotopic (exact) mass is 337 g/mol. The molecule has 1 aromatic heterocycles. The Bertz CT molecular complexity index is 752. The first-order valence-corrected chi connectivity index (χ1v) is 9.30. The minimum Gasteiger partial charge on any atom is -0.480 e. The second kappa shape index (κ2) is 5.39. The van der Waals surface area contributed by atoms with Gasteiger partial charge in [0.05, 0.1) is 17.8 Å². The fourth-order valence-corrected chi connectivity index (χ4v) is 5.59. The van der Waals surface area contributed by atoms with E-state index in [9.17, 15) is 21.6 Å². The largest absolute Gasteiger partial charge is 0.480 e. The zero-order valence-corrected chi connectivity index (χ0v) is 12.8. The highest BCUT2D eigenvalue weighted by Gasteiger charge is 2.40. The van der Waals surface area contributed by atoms with Crippen LogP contribution in [-0.4, -0.2) is 65.9 Å². The summed E-state index contributed by atoms with van der Waals surface area (Å²) in [5.41, 5.74) is 0. The Labute approximate surface area is 122 Å². The molecule has 0 aromatic carbocycles. The minimum atomic E-state index is -4.15. The Kier molecular flexibility index (Phi) is 4.08. The standard InChI is InChI=1S/C10H15N3O6S2/c1-12-4-9(11-7-12)21(18,19)13(5-10(14)15)8-2-3-20(16,17)6-8/h4,7-8H,2-3,5-6H2,1H3,(H,14,15). The van der Waals surface area contributed by atoms with E-state index in [1.165, 1.54) is 17.1 Å². The highest BCUT2D eigenvalue weighted by atomic mass is 32.2. The first kappa shape index (κ1) is 15.9. The molecule has 2 rings (SSSR count). The molecule has 1 aromatic rings. The van der Waals surface area contributed by atoms with Gasteiger partial charge in [0.25, 0.3) is 10.0 Å². The van der Waals surface area contributed by atoms with Crippen molar-refractivity contribution in [3.8, 4) is 0 Å². The quantitative estimate of drug-likeness (QED) is 0.706. The molecule has 1 aliphatic heterocycles. The molecule has 1 fully saturated rings. The topological polar surface area (TPSA) is 127 Å². The Morgan fingerprint density at radius 2 is 2.24 bits per heavy atom. The van der Waals surface area contributed by atoms with Gasteiger partial charge in [-0.2, -0.15) is 4.31 Å². The van der Waals surface area contributed by atoms with E-state index in [1.54, 1.807) is 7.05 Å². The fraction of sp³-hybridized carbons (Fsp3) is 0.600. The number of aliphatic carboxylic acids is 1. The van der Waals surface area contributed by atoms with Crippen molar-refractivity contribution in [2.75, 3.05) is 18.1 Å². The smallest absolute Gasteiger partial charge is 0.318 e. The van der Waals surface area contributed by atoms with Crippen molar-refractivity contribution in [3.63, 3.8) is 0 Å². The molecule has 1 atom stereocenters. The van der Waals surface area contributed by atoms with Crippen LogP contribution in [0.5, 0.6) is 0 Å².